The molecule has 0 saturated heterocycles. The van der Waals surface area contributed by atoms with Gasteiger partial charge in [-0.1, -0.05) is 0 Å². The van der Waals surface area contributed by atoms with Gasteiger partial charge in [-0.05, 0) is 0 Å². The fraction of sp³-hybridized carbons (Fsp3) is 0. The normalized spacial score (nSPS) is 3.43. The zero-order valence-corrected chi connectivity index (χ0v) is 5.59. The van der Waals surface area contributed by atoms with Crippen LogP contribution in [-0.2, 0) is 22.4 Å². The molecular weight excluding hydrogens is 212 g/mol. The molecule has 0 aliphatic rings. The fourth-order valence-corrected chi connectivity index (χ4v) is 0. The summed E-state index contributed by atoms with van der Waals surface area (Å²) < 4.78 is 0. The van der Waals surface area contributed by atoms with Crippen LogP contribution in [0.2, 0.25) is 0 Å². The monoisotopic (exact) mass is 211 g/mol. The Labute approximate surface area is 73.9 Å². The molecule has 0 fully saturated rings. The van der Waals surface area contributed by atoms with E-state index in [4.69, 9.17) is 15.3 Å². The predicted octanol–water partition coefficient (Wildman–Crippen LogP) is -6.23. The molecule has 0 aromatic heterocycles. The van der Waals surface area contributed by atoms with Gasteiger partial charge in [0, 0.05) is 0 Å². The maximum atomic E-state index is 8.25. The van der Waals surface area contributed by atoms with Crippen molar-refractivity contribution in [3.63, 3.8) is 0 Å². The fourth-order valence-electron chi connectivity index (χ4n) is 0. The average Bonchev–Trinajstić information content (AvgIpc) is 0.811. The van der Waals surface area contributed by atoms with Crippen molar-refractivity contribution in [1.29, 1.82) is 0 Å². The van der Waals surface area contributed by atoms with Crippen molar-refractivity contribution in [2.75, 3.05) is 0 Å². The van der Waals surface area contributed by atoms with Crippen molar-refractivity contribution in [3.05, 3.63) is 15.3 Å². The number of rotatable bonds is 0. The third-order valence-corrected chi connectivity index (χ3v) is 0. The van der Waals surface area contributed by atoms with Gasteiger partial charge in [-0.2, -0.15) is 0 Å². The Kier molecular flexibility index (Phi) is 56.3. The van der Waals surface area contributed by atoms with E-state index in [1.165, 1.54) is 0 Å². The van der Waals surface area contributed by atoms with Crippen LogP contribution in [0.1, 0.15) is 0 Å². The van der Waals surface area contributed by atoms with E-state index >= 15 is 0 Å². The van der Waals surface area contributed by atoms with Crippen molar-refractivity contribution in [3.8, 4) is 0 Å². The van der Waals surface area contributed by atoms with Crippen molar-refractivity contribution in [1.82, 2.24) is 0 Å². The van der Waals surface area contributed by atoms with Crippen LogP contribution in [0, 0.1) is 15.3 Å². The minimum Gasteiger partial charge on any atom is -1.00 e. The molecule has 0 amide bonds. The number of nitrogens with zero attached hydrogens (tertiary/aromatic N) is 1. The van der Waals surface area contributed by atoms with Gasteiger partial charge in [0.1, 0.15) is 0 Å². The van der Waals surface area contributed by atoms with Gasteiger partial charge in [0.25, 0.3) is 0 Å². The molecule has 0 aromatic rings. The van der Waals surface area contributed by atoms with Gasteiger partial charge >= 0.3 is 41.2 Å². The maximum Gasteiger partial charge on any atom is 1.00 e. The summed E-state index contributed by atoms with van der Waals surface area (Å²) >= 11 is 0. The van der Waals surface area contributed by atoms with Gasteiger partial charge in [-0.15, -0.1) is 0 Å². The number of hydrogen-bond acceptors (Lipinski definition) is 3. The first-order chi connectivity index (χ1) is 1.73. The molecule has 0 aliphatic carbocycles. The van der Waals surface area contributed by atoms with Crippen molar-refractivity contribution < 1.29 is 58.7 Å². The van der Waals surface area contributed by atoms with E-state index in [9.17, 15) is 0 Å². The molecule has 0 aliphatic heterocycles. The molecule has 7 heavy (non-hydrogen) atoms. The van der Waals surface area contributed by atoms with E-state index in [2.05, 4.69) is 0 Å². The second-order valence-electron chi connectivity index (χ2n) is 0.224. The maximum absolute atomic E-state index is 8.25. The smallest absolute Gasteiger partial charge is 1.00 e. The van der Waals surface area contributed by atoms with Crippen LogP contribution in [0.5, 0.6) is 0 Å². The van der Waals surface area contributed by atoms with Gasteiger partial charge in [0.15, 0.2) is 0 Å². The van der Waals surface area contributed by atoms with Gasteiger partial charge in [-0.25, -0.2) is 0 Å². The van der Waals surface area contributed by atoms with E-state index in [-0.39, 0.29) is 53.6 Å². The first kappa shape index (κ1) is 24.9. The van der Waals surface area contributed by atoms with E-state index in [0.29, 0.717) is 0 Å². The van der Waals surface area contributed by atoms with Gasteiger partial charge in [-0.3, -0.25) is 0 Å². The Bertz CT molecular complexity index is 37.9. The Hall–Kier alpha value is 0.828. The Morgan fingerprint density at radius 3 is 1.29 bits per heavy atom. The molecule has 0 bridgehead atoms. The van der Waals surface area contributed by atoms with Gasteiger partial charge in [0.05, 0.1) is 5.09 Å². The summed E-state index contributed by atoms with van der Waals surface area (Å²) in [5, 5.41) is 14.8. The van der Waals surface area contributed by atoms with Crippen LogP contribution in [0.3, 0.4) is 0 Å². The van der Waals surface area contributed by atoms with Gasteiger partial charge < -0.3 is 27.7 Å². The molecule has 0 radical (unpaired) electrons. The molecule has 0 N–H and O–H groups in total. The summed E-state index contributed by atoms with van der Waals surface area (Å²) in [5.74, 6) is 0. The van der Waals surface area contributed by atoms with Crippen molar-refractivity contribution in [2.45, 2.75) is 0 Å². The molecule has 0 rings (SSSR count). The molecule has 7 heteroatoms. The molecule has 0 unspecified atom stereocenters. The molecule has 0 atom stereocenters. The van der Waals surface area contributed by atoms with Crippen molar-refractivity contribution in [2.24, 2.45) is 0 Å². The van der Waals surface area contributed by atoms with Crippen LogP contribution < -0.4 is 31.3 Å². The molecular formula is AgClLiNO3. The molecule has 42 valence electrons. The minimum absolute atomic E-state index is 0. The van der Waals surface area contributed by atoms with Crippen molar-refractivity contribution >= 4 is 0 Å². The summed E-state index contributed by atoms with van der Waals surface area (Å²) in [6, 6.07) is 0. The van der Waals surface area contributed by atoms with E-state index in [0.717, 1.165) is 0 Å². The number of halogens is 1. The zero-order chi connectivity index (χ0) is 3.58. The number of hydrogen-bond donors (Lipinski definition) is 0. The second kappa shape index (κ2) is 15.8. The van der Waals surface area contributed by atoms with Crippen LogP contribution in [0.25, 0.3) is 0 Å². The molecule has 0 spiro atoms. The second-order valence-corrected chi connectivity index (χ2v) is 0.224. The summed E-state index contributed by atoms with van der Waals surface area (Å²) in [6.07, 6.45) is 0. The molecule has 0 saturated carbocycles. The summed E-state index contributed by atoms with van der Waals surface area (Å²) in [4.78, 5) is 8.25. The first-order valence-electron chi connectivity index (χ1n) is 0.548. The van der Waals surface area contributed by atoms with Crippen LogP contribution >= 0.6 is 0 Å². The van der Waals surface area contributed by atoms with Crippen LogP contribution in [-0.4, -0.2) is 5.09 Å². The molecule has 0 aromatic carbocycles. The van der Waals surface area contributed by atoms with E-state index in [1.54, 1.807) is 0 Å². The van der Waals surface area contributed by atoms with Crippen LogP contribution in [0.4, 0.5) is 0 Å². The topological polar surface area (TPSA) is 66.2 Å². The third-order valence-electron chi connectivity index (χ3n) is 0. The third kappa shape index (κ3) is 232. The standard InChI is InChI=1S/Ag.ClH.Li.NO3/c;;;2-1(3)4/h;1H;;/q+1;;+1;-1/p-1. The predicted molar refractivity (Wildman–Crippen MR) is 10.4 cm³/mol. The summed E-state index contributed by atoms with van der Waals surface area (Å²) in [7, 11) is 0. The minimum atomic E-state index is -1.75. The zero-order valence-electron chi connectivity index (χ0n) is 3.35. The van der Waals surface area contributed by atoms with E-state index in [1.807, 2.05) is 0 Å². The molecule has 0 heterocycles. The largest absolute Gasteiger partial charge is 1.00 e. The van der Waals surface area contributed by atoms with Crippen LogP contribution in [0.15, 0.2) is 0 Å². The first-order valence-corrected chi connectivity index (χ1v) is 0.548. The summed E-state index contributed by atoms with van der Waals surface area (Å²) in [6.45, 7) is 0. The molecule has 4 nitrogen and oxygen atoms in total. The van der Waals surface area contributed by atoms with Gasteiger partial charge in [0.2, 0.25) is 0 Å². The SMILES string of the molecule is O=[N+]([O-])[O-].[Ag+].[Cl-].[Li+]. The Morgan fingerprint density at radius 2 is 1.29 bits per heavy atom. The summed E-state index contributed by atoms with van der Waals surface area (Å²) in [5.41, 5.74) is 0. The average molecular weight is 212 g/mol. The van der Waals surface area contributed by atoms with E-state index < -0.39 is 5.09 Å². The quantitative estimate of drug-likeness (QED) is 0.228. The Morgan fingerprint density at radius 1 is 1.29 bits per heavy atom. The Balaban J connectivity index is -0.0000000150.